The molecule has 1 aromatic carbocycles. The molecule has 0 unspecified atom stereocenters. The van der Waals surface area contributed by atoms with Gasteiger partial charge in [0, 0.05) is 0 Å². The second kappa shape index (κ2) is 15.6. The summed E-state index contributed by atoms with van der Waals surface area (Å²) in [4.78, 5) is 27.2. The third-order valence-corrected chi connectivity index (χ3v) is 6.26. The predicted molar refractivity (Wildman–Crippen MR) is 142 cm³/mol. The van der Waals surface area contributed by atoms with Gasteiger partial charge in [-0.1, -0.05) is 108 Å². The number of hydrogen-bond donors (Lipinski definition) is 0. The summed E-state index contributed by atoms with van der Waals surface area (Å²) in [5.41, 5.74) is 0.314. The van der Waals surface area contributed by atoms with Crippen LogP contribution in [-0.4, -0.2) is 34.7 Å². The van der Waals surface area contributed by atoms with Gasteiger partial charge in [0.2, 0.25) is 0 Å². The summed E-state index contributed by atoms with van der Waals surface area (Å²) >= 11 is 0. The SMILES string of the molecule is CCCCCCCCCCCCC/C=C/[C@H]1OC(=O)N(Cc2ccccc2)[C@H]1C(=O)OC(C)(C)C. The van der Waals surface area contributed by atoms with E-state index < -0.39 is 29.8 Å². The van der Waals surface area contributed by atoms with Crippen molar-refractivity contribution in [2.45, 2.75) is 129 Å². The highest BCUT2D eigenvalue weighted by molar-refractivity contribution is 5.85. The number of esters is 1. The number of unbranched alkanes of at least 4 members (excludes halogenated alkanes) is 11. The average molecular weight is 486 g/mol. The first-order valence-electron chi connectivity index (χ1n) is 13.7. The summed E-state index contributed by atoms with van der Waals surface area (Å²) in [5, 5.41) is 0. The molecule has 0 radical (unpaired) electrons. The van der Waals surface area contributed by atoms with Crippen LogP contribution >= 0.6 is 0 Å². The lowest BCUT2D eigenvalue weighted by Crippen LogP contribution is -2.45. The zero-order valence-corrected chi connectivity index (χ0v) is 22.5. The number of ether oxygens (including phenoxy) is 2. The quantitative estimate of drug-likeness (QED) is 0.135. The smallest absolute Gasteiger partial charge is 0.411 e. The molecule has 0 spiro atoms. The van der Waals surface area contributed by atoms with E-state index in [1.165, 1.54) is 69.1 Å². The highest BCUT2D eigenvalue weighted by Gasteiger charge is 2.46. The highest BCUT2D eigenvalue weighted by atomic mass is 16.6. The molecule has 0 N–H and O–H groups in total. The minimum absolute atomic E-state index is 0.312. The van der Waals surface area contributed by atoms with E-state index in [1.807, 2.05) is 57.2 Å². The molecular weight excluding hydrogens is 438 g/mol. The molecule has 2 atom stereocenters. The molecule has 2 rings (SSSR count). The molecule has 1 aliphatic heterocycles. The summed E-state index contributed by atoms with van der Waals surface area (Å²) in [7, 11) is 0. The van der Waals surface area contributed by atoms with Gasteiger partial charge in [-0.25, -0.2) is 9.59 Å². The van der Waals surface area contributed by atoms with Crippen molar-refractivity contribution in [3.8, 4) is 0 Å². The summed E-state index contributed by atoms with van der Waals surface area (Å²) < 4.78 is 11.2. The van der Waals surface area contributed by atoms with E-state index in [-0.39, 0.29) is 0 Å². The Balaban J connectivity index is 1.79. The molecule has 0 aliphatic carbocycles. The van der Waals surface area contributed by atoms with E-state index in [2.05, 4.69) is 13.0 Å². The number of hydrogen-bond acceptors (Lipinski definition) is 4. The molecule has 0 aromatic heterocycles. The van der Waals surface area contributed by atoms with Crippen LogP contribution in [-0.2, 0) is 20.8 Å². The molecule has 5 heteroatoms. The molecule has 1 saturated heterocycles. The second-order valence-electron chi connectivity index (χ2n) is 10.7. The van der Waals surface area contributed by atoms with Crippen LogP contribution in [0.25, 0.3) is 0 Å². The van der Waals surface area contributed by atoms with Crippen molar-refractivity contribution in [1.82, 2.24) is 4.90 Å². The summed E-state index contributed by atoms with van der Waals surface area (Å²) in [6.45, 7) is 8.08. The van der Waals surface area contributed by atoms with Crippen LogP contribution in [0.5, 0.6) is 0 Å². The Morgan fingerprint density at radius 2 is 1.51 bits per heavy atom. The second-order valence-corrected chi connectivity index (χ2v) is 10.7. The van der Waals surface area contributed by atoms with Gasteiger partial charge in [-0.3, -0.25) is 4.90 Å². The summed E-state index contributed by atoms with van der Waals surface area (Å²) in [6, 6.07) is 8.87. The Morgan fingerprint density at radius 1 is 0.943 bits per heavy atom. The normalized spacial score (nSPS) is 18.3. The zero-order valence-electron chi connectivity index (χ0n) is 22.5. The number of benzene rings is 1. The highest BCUT2D eigenvalue weighted by Crippen LogP contribution is 2.26. The minimum atomic E-state index is -0.782. The lowest BCUT2D eigenvalue weighted by atomic mass is 10.0. The number of rotatable bonds is 16. The number of carbonyl (C=O) groups excluding carboxylic acids is 2. The van der Waals surface area contributed by atoms with E-state index in [0.717, 1.165) is 18.4 Å². The van der Waals surface area contributed by atoms with Crippen LogP contribution in [0.15, 0.2) is 42.5 Å². The lowest BCUT2D eigenvalue weighted by molar-refractivity contribution is -0.160. The fourth-order valence-electron chi connectivity index (χ4n) is 4.41. The monoisotopic (exact) mass is 485 g/mol. The molecule has 1 amide bonds. The van der Waals surface area contributed by atoms with Gasteiger partial charge < -0.3 is 9.47 Å². The largest absolute Gasteiger partial charge is 0.458 e. The van der Waals surface area contributed by atoms with Gasteiger partial charge in [-0.2, -0.15) is 0 Å². The van der Waals surface area contributed by atoms with Crippen LogP contribution in [0.3, 0.4) is 0 Å². The molecule has 1 aromatic rings. The maximum atomic E-state index is 13.0. The van der Waals surface area contributed by atoms with Crippen molar-refractivity contribution in [2.75, 3.05) is 0 Å². The van der Waals surface area contributed by atoms with E-state index >= 15 is 0 Å². The average Bonchev–Trinajstić information content (AvgIpc) is 3.11. The number of cyclic esters (lactones) is 1. The molecule has 196 valence electrons. The fraction of sp³-hybridized carbons (Fsp3) is 0.667. The van der Waals surface area contributed by atoms with Gasteiger partial charge in [0.15, 0.2) is 12.1 Å². The van der Waals surface area contributed by atoms with Crippen LogP contribution in [0, 0.1) is 0 Å². The minimum Gasteiger partial charge on any atom is -0.458 e. The van der Waals surface area contributed by atoms with Gasteiger partial charge in [0.25, 0.3) is 0 Å². The Morgan fingerprint density at radius 3 is 2.09 bits per heavy atom. The van der Waals surface area contributed by atoms with E-state index in [9.17, 15) is 9.59 Å². The van der Waals surface area contributed by atoms with Crippen molar-refractivity contribution in [3.63, 3.8) is 0 Å². The van der Waals surface area contributed by atoms with Gasteiger partial charge in [-0.05, 0) is 45.3 Å². The number of carbonyl (C=O) groups is 2. The standard InChI is InChI=1S/C30H47NO4/c1-5-6-7-8-9-10-11-12-13-14-15-16-20-23-26-27(28(32)35-30(2,3)4)31(29(33)34-26)24-25-21-18-17-19-22-25/h17-23,26-27H,5-16,24H2,1-4H3/b23-20+/t26-,27-/m1/s1. The van der Waals surface area contributed by atoms with Gasteiger partial charge >= 0.3 is 12.1 Å². The number of allylic oxidation sites excluding steroid dienone is 1. The van der Waals surface area contributed by atoms with Crippen LogP contribution in [0.1, 0.15) is 110 Å². The van der Waals surface area contributed by atoms with Crippen molar-refractivity contribution in [2.24, 2.45) is 0 Å². The van der Waals surface area contributed by atoms with Crippen molar-refractivity contribution in [3.05, 3.63) is 48.0 Å². The Kier molecular flexibility index (Phi) is 12.9. The molecule has 35 heavy (non-hydrogen) atoms. The number of amides is 1. The molecule has 0 bridgehead atoms. The van der Waals surface area contributed by atoms with Crippen LogP contribution in [0.4, 0.5) is 4.79 Å². The Labute approximate surface area is 213 Å². The predicted octanol–water partition coefficient (Wildman–Crippen LogP) is 7.98. The third-order valence-electron chi connectivity index (χ3n) is 6.26. The Hall–Kier alpha value is -2.30. The molecule has 5 nitrogen and oxygen atoms in total. The summed E-state index contributed by atoms with van der Waals surface area (Å²) in [6.07, 6.45) is 18.2. The Bertz CT molecular complexity index is 768. The molecular formula is C30H47NO4. The maximum absolute atomic E-state index is 13.0. The van der Waals surface area contributed by atoms with E-state index in [0.29, 0.717) is 6.54 Å². The van der Waals surface area contributed by atoms with Crippen molar-refractivity contribution < 1.29 is 19.1 Å². The first kappa shape index (κ1) is 28.9. The van der Waals surface area contributed by atoms with Crippen molar-refractivity contribution in [1.29, 1.82) is 0 Å². The molecule has 1 aliphatic rings. The first-order valence-corrected chi connectivity index (χ1v) is 13.7. The molecule has 1 fully saturated rings. The number of nitrogens with zero attached hydrogens (tertiary/aromatic N) is 1. The summed E-state index contributed by atoms with van der Waals surface area (Å²) in [5.74, 6) is -0.427. The molecule has 1 heterocycles. The fourth-order valence-corrected chi connectivity index (χ4v) is 4.41. The lowest BCUT2D eigenvalue weighted by Gasteiger charge is -2.27. The maximum Gasteiger partial charge on any atom is 0.411 e. The van der Waals surface area contributed by atoms with E-state index in [1.54, 1.807) is 0 Å². The first-order chi connectivity index (χ1) is 16.8. The van der Waals surface area contributed by atoms with Gasteiger partial charge in [0.05, 0.1) is 6.54 Å². The van der Waals surface area contributed by atoms with E-state index in [4.69, 9.17) is 9.47 Å². The van der Waals surface area contributed by atoms with Crippen molar-refractivity contribution >= 4 is 12.1 Å². The zero-order chi connectivity index (χ0) is 25.5. The van der Waals surface area contributed by atoms with Crippen LogP contribution < -0.4 is 0 Å². The third kappa shape index (κ3) is 11.3. The van der Waals surface area contributed by atoms with Crippen LogP contribution in [0.2, 0.25) is 0 Å². The molecule has 0 saturated carbocycles. The topological polar surface area (TPSA) is 55.8 Å². The van der Waals surface area contributed by atoms with Gasteiger partial charge in [-0.15, -0.1) is 0 Å². The van der Waals surface area contributed by atoms with Gasteiger partial charge in [0.1, 0.15) is 5.60 Å².